The molecule has 1 aliphatic carbocycles. The second kappa shape index (κ2) is 9.27. The van der Waals surface area contributed by atoms with Crippen molar-refractivity contribution in [2.45, 2.75) is 26.3 Å². The summed E-state index contributed by atoms with van der Waals surface area (Å²) in [5.74, 6) is 1.23. The lowest BCUT2D eigenvalue weighted by Crippen LogP contribution is -2.40. The van der Waals surface area contributed by atoms with Gasteiger partial charge in [0.15, 0.2) is 5.96 Å². The average molecular weight is 332 g/mol. The zero-order valence-electron chi connectivity index (χ0n) is 14.6. The summed E-state index contributed by atoms with van der Waals surface area (Å²) in [5.41, 5.74) is 6.80. The first-order valence-corrected chi connectivity index (χ1v) is 8.56. The van der Waals surface area contributed by atoms with Crippen LogP contribution in [0.2, 0.25) is 0 Å². The molecule has 1 aromatic rings. The fraction of sp³-hybridized carbons (Fsp3) is 0.556. The Bertz CT molecular complexity index is 553. The topological polar surface area (TPSA) is 79.9 Å². The Kier molecular flexibility index (Phi) is 7.06. The number of guanidine groups is 1. The lowest BCUT2D eigenvalue weighted by Gasteiger charge is -2.22. The summed E-state index contributed by atoms with van der Waals surface area (Å²) in [6.45, 7) is 5.81. The van der Waals surface area contributed by atoms with Crippen LogP contribution in [-0.2, 0) is 11.3 Å². The second-order valence-corrected chi connectivity index (χ2v) is 6.17. The molecule has 0 bridgehead atoms. The number of benzene rings is 1. The van der Waals surface area contributed by atoms with Crippen molar-refractivity contribution in [2.24, 2.45) is 16.6 Å². The van der Waals surface area contributed by atoms with Crippen LogP contribution in [-0.4, -0.2) is 50.1 Å². The Morgan fingerprint density at radius 2 is 2.08 bits per heavy atom. The van der Waals surface area contributed by atoms with Gasteiger partial charge in [-0.3, -0.25) is 4.79 Å². The van der Waals surface area contributed by atoms with E-state index in [9.17, 15) is 4.79 Å². The number of aliphatic imine (C=N–C) groups is 1. The first-order chi connectivity index (χ1) is 11.6. The number of nitrogens with zero attached hydrogens (tertiary/aromatic N) is 2. The van der Waals surface area contributed by atoms with Crippen LogP contribution >= 0.6 is 0 Å². The van der Waals surface area contributed by atoms with E-state index < -0.39 is 5.91 Å². The minimum atomic E-state index is -0.413. The molecule has 0 radical (unpaired) electrons. The second-order valence-electron chi connectivity index (χ2n) is 6.17. The Morgan fingerprint density at radius 3 is 2.67 bits per heavy atom. The molecule has 24 heavy (non-hydrogen) atoms. The molecule has 0 aliphatic heterocycles. The molecule has 2 rings (SSSR count). The van der Waals surface area contributed by atoms with E-state index in [4.69, 9.17) is 10.5 Å². The van der Waals surface area contributed by atoms with Crippen molar-refractivity contribution in [1.82, 2.24) is 10.2 Å². The van der Waals surface area contributed by atoms with Crippen LogP contribution in [0.25, 0.3) is 0 Å². The summed E-state index contributed by atoms with van der Waals surface area (Å²) in [4.78, 5) is 17.8. The summed E-state index contributed by atoms with van der Waals surface area (Å²) >= 11 is 0. The molecular weight excluding hydrogens is 304 g/mol. The number of carbonyl (C=O) groups excluding carboxylic acids is 1. The van der Waals surface area contributed by atoms with Crippen LogP contribution in [0.4, 0.5) is 0 Å². The molecule has 6 heteroatoms. The van der Waals surface area contributed by atoms with E-state index in [1.165, 1.54) is 12.8 Å². The quantitative estimate of drug-likeness (QED) is 0.409. The molecule has 1 amide bonds. The average Bonchev–Trinajstić information content (AvgIpc) is 3.40. The van der Waals surface area contributed by atoms with Crippen molar-refractivity contribution >= 4 is 11.9 Å². The first-order valence-electron chi connectivity index (χ1n) is 8.56. The van der Waals surface area contributed by atoms with Crippen LogP contribution in [0.15, 0.2) is 29.3 Å². The molecule has 1 aliphatic rings. The molecule has 0 unspecified atom stereocenters. The Morgan fingerprint density at radius 1 is 1.38 bits per heavy atom. The van der Waals surface area contributed by atoms with Crippen molar-refractivity contribution in [2.75, 3.05) is 33.4 Å². The van der Waals surface area contributed by atoms with E-state index >= 15 is 0 Å². The zero-order chi connectivity index (χ0) is 17.4. The summed E-state index contributed by atoms with van der Waals surface area (Å²) in [6, 6.07) is 7.23. The highest BCUT2D eigenvalue weighted by Gasteiger charge is 2.21. The Hall–Kier alpha value is -2.08. The smallest absolute Gasteiger partial charge is 0.248 e. The predicted molar refractivity (Wildman–Crippen MR) is 95.9 cm³/mol. The summed E-state index contributed by atoms with van der Waals surface area (Å²) in [5, 5.41) is 3.29. The largest absolute Gasteiger partial charge is 0.379 e. The maximum atomic E-state index is 11.1. The Labute approximate surface area is 144 Å². The SMILES string of the molecule is CCNC(=NCc1ccc(C(N)=O)cc1)N(C)CCOCC1CC1. The third-order valence-electron chi connectivity index (χ3n) is 3.97. The van der Waals surface area contributed by atoms with Gasteiger partial charge in [0, 0.05) is 32.3 Å². The normalized spacial score (nSPS) is 14.5. The van der Waals surface area contributed by atoms with Gasteiger partial charge in [0.1, 0.15) is 0 Å². The molecule has 1 aromatic carbocycles. The number of hydrogen-bond donors (Lipinski definition) is 2. The molecule has 0 atom stereocenters. The number of nitrogens with one attached hydrogen (secondary N) is 1. The highest BCUT2D eigenvalue weighted by atomic mass is 16.5. The van der Waals surface area contributed by atoms with E-state index in [1.54, 1.807) is 12.1 Å². The summed E-state index contributed by atoms with van der Waals surface area (Å²) < 4.78 is 5.69. The molecule has 3 N–H and O–H groups in total. The minimum Gasteiger partial charge on any atom is -0.379 e. The highest BCUT2D eigenvalue weighted by molar-refractivity contribution is 5.92. The number of carbonyl (C=O) groups is 1. The molecule has 132 valence electrons. The monoisotopic (exact) mass is 332 g/mol. The van der Waals surface area contributed by atoms with Crippen molar-refractivity contribution < 1.29 is 9.53 Å². The van der Waals surface area contributed by atoms with Gasteiger partial charge < -0.3 is 20.7 Å². The standard InChI is InChI=1S/C18H28N4O2/c1-3-20-18(22(2)10-11-24-13-15-4-5-15)21-12-14-6-8-16(9-7-14)17(19)23/h6-9,15H,3-5,10-13H2,1-2H3,(H2,19,23)(H,20,21). The van der Waals surface area contributed by atoms with Crippen LogP contribution in [0.1, 0.15) is 35.7 Å². The number of primary amides is 1. The molecular formula is C18H28N4O2. The third kappa shape index (κ3) is 6.20. The lowest BCUT2D eigenvalue weighted by molar-refractivity contribution is 0.100. The van der Waals surface area contributed by atoms with Crippen LogP contribution < -0.4 is 11.1 Å². The first kappa shape index (κ1) is 18.3. The minimum absolute atomic E-state index is 0.413. The van der Waals surface area contributed by atoms with Crippen molar-refractivity contribution in [3.63, 3.8) is 0 Å². The number of nitrogens with two attached hydrogens (primary N) is 1. The van der Waals surface area contributed by atoms with Crippen LogP contribution in [0.3, 0.4) is 0 Å². The maximum absolute atomic E-state index is 11.1. The molecule has 0 spiro atoms. The molecule has 0 heterocycles. The van der Waals surface area contributed by atoms with Gasteiger partial charge in [-0.15, -0.1) is 0 Å². The number of hydrogen-bond acceptors (Lipinski definition) is 3. The van der Waals surface area contributed by atoms with Crippen LogP contribution in [0, 0.1) is 5.92 Å². The highest BCUT2D eigenvalue weighted by Crippen LogP contribution is 2.28. The van der Waals surface area contributed by atoms with E-state index in [0.717, 1.165) is 37.1 Å². The van der Waals surface area contributed by atoms with Crippen molar-refractivity contribution in [3.8, 4) is 0 Å². The molecule has 1 fully saturated rings. The third-order valence-corrected chi connectivity index (χ3v) is 3.97. The van der Waals surface area contributed by atoms with E-state index in [2.05, 4.69) is 22.1 Å². The summed E-state index contributed by atoms with van der Waals surface area (Å²) in [7, 11) is 2.01. The fourth-order valence-electron chi connectivity index (χ4n) is 2.25. The number of likely N-dealkylation sites (N-methyl/N-ethyl adjacent to an activating group) is 1. The Balaban J connectivity index is 1.84. The lowest BCUT2D eigenvalue weighted by atomic mass is 10.1. The molecule has 0 aromatic heterocycles. The fourth-order valence-corrected chi connectivity index (χ4v) is 2.25. The van der Waals surface area contributed by atoms with Crippen molar-refractivity contribution in [3.05, 3.63) is 35.4 Å². The maximum Gasteiger partial charge on any atom is 0.248 e. The van der Waals surface area contributed by atoms with Gasteiger partial charge in [-0.1, -0.05) is 12.1 Å². The van der Waals surface area contributed by atoms with Crippen LogP contribution in [0.5, 0.6) is 0 Å². The molecule has 6 nitrogen and oxygen atoms in total. The number of rotatable bonds is 9. The van der Waals surface area contributed by atoms with Gasteiger partial charge in [0.2, 0.25) is 5.91 Å². The van der Waals surface area contributed by atoms with Gasteiger partial charge in [0.25, 0.3) is 0 Å². The molecule has 1 saturated carbocycles. The van der Waals surface area contributed by atoms with Gasteiger partial charge in [-0.2, -0.15) is 0 Å². The van der Waals surface area contributed by atoms with Crippen molar-refractivity contribution in [1.29, 1.82) is 0 Å². The van der Waals surface area contributed by atoms with E-state index in [1.807, 2.05) is 19.2 Å². The molecule has 0 saturated heterocycles. The predicted octanol–water partition coefficient (Wildman–Crippen LogP) is 1.61. The van der Waals surface area contributed by atoms with Gasteiger partial charge in [-0.25, -0.2) is 4.99 Å². The van der Waals surface area contributed by atoms with Gasteiger partial charge in [0.05, 0.1) is 13.2 Å². The summed E-state index contributed by atoms with van der Waals surface area (Å²) in [6.07, 6.45) is 2.63. The van der Waals surface area contributed by atoms with Gasteiger partial charge >= 0.3 is 0 Å². The zero-order valence-corrected chi connectivity index (χ0v) is 14.6. The van der Waals surface area contributed by atoms with Gasteiger partial charge in [-0.05, 0) is 43.4 Å². The number of ether oxygens (including phenoxy) is 1. The van der Waals surface area contributed by atoms with E-state index in [-0.39, 0.29) is 0 Å². The number of amides is 1. The van der Waals surface area contributed by atoms with E-state index in [0.29, 0.717) is 18.7 Å².